The minimum Gasteiger partial charge on any atom is -0.481 e. The van der Waals surface area contributed by atoms with Crippen LogP contribution in [0.2, 0.25) is 0 Å². The molecule has 2 rings (SSSR count). The summed E-state index contributed by atoms with van der Waals surface area (Å²) in [6.45, 7) is 3.85. The van der Waals surface area contributed by atoms with E-state index in [0.29, 0.717) is 6.42 Å². The van der Waals surface area contributed by atoms with E-state index in [1.54, 1.807) is 0 Å². The number of rotatable bonds is 3. The number of carboxylic acids is 1. The highest BCUT2D eigenvalue weighted by atomic mass is 16.4. The zero-order valence-electron chi connectivity index (χ0n) is 9.87. The first-order valence-electron chi connectivity index (χ1n) is 6.41. The summed E-state index contributed by atoms with van der Waals surface area (Å²) in [5.74, 6) is -0.663. The summed E-state index contributed by atoms with van der Waals surface area (Å²) in [6, 6.07) is 0. The fraction of sp³-hybridized carbons (Fsp3) is 0.917. The van der Waals surface area contributed by atoms with Crippen LogP contribution < -0.4 is 5.32 Å². The number of likely N-dealkylation sites (tertiary alicyclic amines) is 1. The van der Waals surface area contributed by atoms with Gasteiger partial charge in [0, 0.05) is 13.1 Å². The summed E-state index contributed by atoms with van der Waals surface area (Å²) in [4.78, 5) is 13.4. The normalized spacial score (nSPS) is 26.5. The number of hydrogen-bond donors (Lipinski definition) is 2. The average molecular weight is 226 g/mol. The Morgan fingerprint density at radius 1 is 1.12 bits per heavy atom. The number of carboxylic acid groups (broad SMARTS) is 1. The minimum atomic E-state index is -0.663. The van der Waals surface area contributed by atoms with E-state index in [1.165, 1.54) is 32.1 Å². The van der Waals surface area contributed by atoms with Gasteiger partial charge in [-0.2, -0.15) is 0 Å². The summed E-state index contributed by atoms with van der Waals surface area (Å²) < 4.78 is 0. The minimum absolute atomic E-state index is 0.0802. The topological polar surface area (TPSA) is 52.6 Å². The van der Waals surface area contributed by atoms with Gasteiger partial charge in [0.2, 0.25) is 0 Å². The van der Waals surface area contributed by atoms with Crippen molar-refractivity contribution in [3.8, 4) is 0 Å². The molecule has 2 heterocycles. The smallest absolute Gasteiger partial charge is 0.305 e. The molecule has 0 bridgehead atoms. The van der Waals surface area contributed by atoms with E-state index in [9.17, 15) is 4.79 Å². The lowest BCUT2D eigenvalue weighted by molar-refractivity contribution is -0.142. The van der Waals surface area contributed by atoms with Crippen molar-refractivity contribution in [3.05, 3.63) is 0 Å². The summed E-state index contributed by atoms with van der Waals surface area (Å²) in [7, 11) is 0. The van der Waals surface area contributed by atoms with Crippen LogP contribution in [-0.4, -0.2) is 47.7 Å². The third kappa shape index (κ3) is 2.55. The Bertz CT molecular complexity index is 243. The Morgan fingerprint density at radius 3 is 2.12 bits per heavy atom. The maximum absolute atomic E-state index is 10.9. The highest BCUT2D eigenvalue weighted by Gasteiger charge is 2.43. The number of nitrogens with zero attached hydrogens (tertiary/aromatic N) is 1. The molecule has 0 aromatic heterocycles. The maximum atomic E-state index is 10.9. The molecule has 0 aliphatic carbocycles. The van der Waals surface area contributed by atoms with Crippen LogP contribution in [0.5, 0.6) is 0 Å². The van der Waals surface area contributed by atoms with Gasteiger partial charge in [0.15, 0.2) is 0 Å². The number of nitrogens with one attached hydrogen (secondary N) is 1. The molecular formula is C12H22N2O2. The first-order valence-corrected chi connectivity index (χ1v) is 6.41. The van der Waals surface area contributed by atoms with Crippen molar-refractivity contribution < 1.29 is 9.90 Å². The largest absolute Gasteiger partial charge is 0.481 e. The van der Waals surface area contributed by atoms with E-state index in [-0.39, 0.29) is 5.54 Å². The molecule has 2 aliphatic heterocycles. The van der Waals surface area contributed by atoms with Gasteiger partial charge in [-0.1, -0.05) is 19.3 Å². The van der Waals surface area contributed by atoms with Crippen LogP contribution in [0.25, 0.3) is 0 Å². The highest BCUT2D eigenvalue weighted by molar-refractivity contribution is 5.68. The zero-order valence-corrected chi connectivity index (χ0v) is 9.87. The van der Waals surface area contributed by atoms with Crippen LogP contribution in [0.3, 0.4) is 0 Å². The number of carbonyl (C=O) groups is 1. The molecule has 92 valence electrons. The Kier molecular flexibility index (Phi) is 3.82. The van der Waals surface area contributed by atoms with Crippen LogP contribution in [-0.2, 0) is 4.79 Å². The fourth-order valence-electron chi connectivity index (χ4n) is 2.88. The van der Waals surface area contributed by atoms with Gasteiger partial charge in [-0.3, -0.25) is 9.69 Å². The van der Waals surface area contributed by atoms with Crippen molar-refractivity contribution in [2.24, 2.45) is 0 Å². The molecule has 0 radical (unpaired) electrons. The van der Waals surface area contributed by atoms with Crippen molar-refractivity contribution in [2.75, 3.05) is 26.2 Å². The van der Waals surface area contributed by atoms with Gasteiger partial charge >= 0.3 is 5.97 Å². The first-order chi connectivity index (χ1) is 7.73. The second-order valence-corrected chi connectivity index (χ2v) is 5.15. The average Bonchev–Trinajstić information content (AvgIpc) is 2.11. The van der Waals surface area contributed by atoms with E-state index < -0.39 is 5.97 Å². The third-order valence-corrected chi connectivity index (χ3v) is 3.92. The molecule has 4 nitrogen and oxygen atoms in total. The molecule has 2 fully saturated rings. The summed E-state index contributed by atoms with van der Waals surface area (Å²) in [6.07, 6.45) is 6.68. The second kappa shape index (κ2) is 5.15. The Labute approximate surface area is 97.0 Å². The van der Waals surface area contributed by atoms with Crippen LogP contribution in [0.1, 0.15) is 38.5 Å². The molecule has 0 unspecified atom stereocenters. The quantitative estimate of drug-likeness (QED) is 0.756. The second-order valence-electron chi connectivity index (χ2n) is 5.15. The molecule has 4 heteroatoms. The van der Waals surface area contributed by atoms with Gasteiger partial charge in [0.05, 0.1) is 12.0 Å². The molecule has 0 spiro atoms. The molecule has 0 atom stereocenters. The number of hydrogen-bond acceptors (Lipinski definition) is 3. The van der Waals surface area contributed by atoms with Crippen LogP contribution in [0.15, 0.2) is 0 Å². The lowest BCUT2D eigenvalue weighted by Crippen LogP contribution is -2.69. The predicted octanol–water partition coefficient (Wildman–Crippen LogP) is 1.07. The first kappa shape index (κ1) is 11.9. The van der Waals surface area contributed by atoms with Gasteiger partial charge < -0.3 is 10.4 Å². The van der Waals surface area contributed by atoms with Crippen LogP contribution >= 0.6 is 0 Å². The van der Waals surface area contributed by atoms with E-state index >= 15 is 0 Å². The molecule has 0 amide bonds. The zero-order chi connectivity index (χ0) is 11.4. The number of aliphatic carboxylic acids is 1. The fourth-order valence-corrected chi connectivity index (χ4v) is 2.88. The molecule has 0 saturated carbocycles. The summed E-state index contributed by atoms with van der Waals surface area (Å²) >= 11 is 0. The highest BCUT2D eigenvalue weighted by Crippen LogP contribution is 2.27. The van der Waals surface area contributed by atoms with Crippen molar-refractivity contribution in [1.29, 1.82) is 0 Å². The monoisotopic (exact) mass is 226 g/mol. The molecule has 0 aromatic carbocycles. The van der Waals surface area contributed by atoms with Crippen molar-refractivity contribution in [1.82, 2.24) is 10.2 Å². The van der Waals surface area contributed by atoms with Crippen LogP contribution in [0, 0.1) is 0 Å². The molecule has 2 N–H and O–H groups in total. The van der Waals surface area contributed by atoms with E-state index in [1.807, 2.05) is 0 Å². The van der Waals surface area contributed by atoms with Crippen molar-refractivity contribution in [2.45, 2.75) is 44.1 Å². The summed E-state index contributed by atoms with van der Waals surface area (Å²) in [5.41, 5.74) is -0.0802. The molecular weight excluding hydrogens is 204 g/mol. The lowest BCUT2D eigenvalue weighted by Gasteiger charge is -2.50. The van der Waals surface area contributed by atoms with E-state index in [4.69, 9.17) is 5.11 Å². The molecule has 0 aromatic rings. The summed E-state index contributed by atoms with van der Waals surface area (Å²) in [5, 5.41) is 12.3. The Balaban J connectivity index is 1.97. The third-order valence-electron chi connectivity index (χ3n) is 3.92. The van der Waals surface area contributed by atoms with E-state index in [2.05, 4.69) is 10.2 Å². The van der Waals surface area contributed by atoms with Crippen molar-refractivity contribution in [3.63, 3.8) is 0 Å². The SMILES string of the molecule is O=C(O)CC1(N2CCCCCCC2)CNC1. The molecule has 2 saturated heterocycles. The van der Waals surface area contributed by atoms with Gasteiger partial charge in [0.25, 0.3) is 0 Å². The van der Waals surface area contributed by atoms with Crippen molar-refractivity contribution >= 4 is 5.97 Å². The van der Waals surface area contributed by atoms with E-state index in [0.717, 1.165) is 26.2 Å². The molecule has 2 aliphatic rings. The van der Waals surface area contributed by atoms with Gasteiger partial charge in [-0.05, 0) is 25.9 Å². The lowest BCUT2D eigenvalue weighted by atomic mass is 9.85. The van der Waals surface area contributed by atoms with Crippen LogP contribution in [0.4, 0.5) is 0 Å². The molecule has 16 heavy (non-hydrogen) atoms. The van der Waals surface area contributed by atoms with Gasteiger partial charge in [0.1, 0.15) is 0 Å². The standard InChI is InChI=1S/C12H22N2O2/c15-11(16)8-12(9-13-10-12)14-6-4-2-1-3-5-7-14/h13H,1-10H2,(H,15,16). The predicted molar refractivity (Wildman–Crippen MR) is 62.5 cm³/mol. The Morgan fingerprint density at radius 2 is 1.69 bits per heavy atom. The Hall–Kier alpha value is -0.610. The van der Waals surface area contributed by atoms with Gasteiger partial charge in [-0.15, -0.1) is 0 Å². The maximum Gasteiger partial charge on any atom is 0.305 e. The van der Waals surface area contributed by atoms with Gasteiger partial charge in [-0.25, -0.2) is 0 Å².